The van der Waals surface area contributed by atoms with Gasteiger partial charge in [-0.1, -0.05) is 0 Å². The van der Waals surface area contributed by atoms with Crippen LogP contribution in [0.3, 0.4) is 0 Å². The molecule has 0 radical (unpaired) electrons. The first-order valence-electron chi connectivity index (χ1n) is 6.49. The lowest BCUT2D eigenvalue weighted by Crippen LogP contribution is -2.43. The van der Waals surface area contributed by atoms with Crippen molar-refractivity contribution in [2.45, 2.75) is 32.4 Å². The van der Waals surface area contributed by atoms with Crippen LogP contribution in [0.2, 0.25) is 0 Å². The summed E-state index contributed by atoms with van der Waals surface area (Å²) in [5.41, 5.74) is 0. The molecular formula is C13H19N5O2. The molecule has 20 heavy (non-hydrogen) atoms. The molecule has 0 aliphatic rings. The summed E-state index contributed by atoms with van der Waals surface area (Å²) in [6.07, 6.45) is 3.88. The molecule has 2 aromatic heterocycles. The van der Waals surface area contributed by atoms with Crippen molar-refractivity contribution in [3.05, 3.63) is 36.3 Å². The molecule has 2 N–H and O–H groups in total. The topological polar surface area (TPSA) is 85.0 Å². The van der Waals surface area contributed by atoms with Gasteiger partial charge in [0.1, 0.15) is 12.1 Å². The first-order valence-corrected chi connectivity index (χ1v) is 6.49. The Balaban J connectivity index is 1.81. The number of aryl methyl sites for hydroxylation is 1. The van der Waals surface area contributed by atoms with Crippen LogP contribution >= 0.6 is 0 Å². The van der Waals surface area contributed by atoms with Crippen molar-refractivity contribution in [3.8, 4) is 0 Å². The molecule has 2 unspecified atom stereocenters. The molecule has 2 rings (SSSR count). The predicted molar refractivity (Wildman–Crippen MR) is 73.0 cm³/mol. The van der Waals surface area contributed by atoms with Gasteiger partial charge in [-0.05, 0) is 26.0 Å². The fourth-order valence-electron chi connectivity index (χ4n) is 1.99. The van der Waals surface area contributed by atoms with Crippen molar-refractivity contribution in [1.82, 2.24) is 25.4 Å². The zero-order valence-electron chi connectivity index (χ0n) is 11.8. The van der Waals surface area contributed by atoms with Crippen LogP contribution < -0.4 is 10.6 Å². The molecule has 0 saturated carbocycles. The Bertz CT molecular complexity index is 549. The summed E-state index contributed by atoms with van der Waals surface area (Å²) in [7, 11) is 1.84. The molecule has 0 saturated heterocycles. The molecule has 2 heterocycles. The van der Waals surface area contributed by atoms with Gasteiger partial charge < -0.3 is 19.6 Å². The van der Waals surface area contributed by atoms with E-state index in [-0.39, 0.29) is 18.1 Å². The van der Waals surface area contributed by atoms with Crippen molar-refractivity contribution >= 4 is 6.03 Å². The Labute approximate surface area is 117 Å². The second-order valence-corrected chi connectivity index (χ2v) is 4.82. The highest BCUT2D eigenvalue weighted by Gasteiger charge is 2.15. The molecule has 108 valence electrons. The number of amides is 2. The highest BCUT2D eigenvalue weighted by Crippen LogP contribution is 2.07. The predicted octanol–water partition coefficient (Wildman–Crippen LogP) is 1.40. The Morgan fingerprint density at radius 3 is 2.85 bits per heavy atom. The third-order valence-electron chi connectivity index (χ3n) is 2.95. The number of rotatable bonds is 5. The van der Waals surface area contributed by atoms with Gasteiger partial charge in [0.25, 0.3) is 0 Å². The molecule has 0 aliphatic heterocycles. The quantitative estimate of drug-likeness (QED) is 0.865. The molecular weight excluding hydrogens is 258 g/mol. The summed E-state index contributed by atoms with van der Waals surface area (Å²) >= 11 is 0. The van der Waals surface area contributed by atoms with E-state index in [4.69, 9.17) is 4.42 Å². The summed E-state index contributed by atoms with van der Waals surface area (Å²) < 4.78 is 7.02. The summed E-state index contributed by atoms with van der Waals surface area (Å²) in [4.78, 5) is 11.9. The summed E-state index contributed by atoms with van der Waals surface area (Å²) in [6, 6.07) is 3.25. The van der Waals surface area contributed by atoms with Gasteiger partial charge in [-0.25, -0.2) is 4.79 Å². The van der Waals surface area contributed by atoms with E-state index in [2.05, 4.69) is 20.8 Å². The third-order valence-corrected chi connectivity index (χ3v) is 2.95. The maximum Gasteiger partial charge on any atom is 0.315 e. The second-order valence-electron chi connectivity index (χ2n) is 4.82. The highest BCUT2D eigenvalue weighted by atomic mass is 16.3. The van der Waals surface area contributed by atoms with E-state index in [0.29, 0.717) is 12.2 Å². The number of carbonyl (C=O) groups excluding carboxylic acids is 1. The van der Waals surface area contributed by atoms with Gasteiger partial charge in [0.05, 0.1) is 12.3 Å². The lowest BCUT2D eigenvalue weighted by atomic mass is 10.2. The second kappa shape index (κ2) is 6.23. The normalized spacial score (nSPS) is 13.8. The average Bonchev–Trinajstić information content (AvgIpc) is 2.99. The number of nitrogens with one attached hydrogen (secondary N) is 2. The molecule has 0 spiro atoms. The Morgan fingerprint density at radius 1 is 1.45 bits per heavy atom. The number of aromatic nitrogens is 3. The number of hydrogen-bond acceptors (Lipinski definition) is 4. The molecule has 7 heteroatoms. The van der Waals surface area contributed by atoms with E-state index in [1.54, 1.807) is 17.2 Å². The zero-order valence-corrected chi connectivity index (χ0v) is 11.8. The number of nitrogens with zero attached hydrogens (tertiary/aromatic N) is 3. The van der Waals surface area contributed by atoms with Crippen molar-refractivity contribution in [2.75, 3.05) is 0 Å². The number of furan rings is 1. The van der Waals surface area contributed by atoms with Gasteiger partial charge >= 0.3 is 6.03 Å². The van der Waals surface area contributed by atoms with Crippen LogP contribution in [-0.4, -0.2) is 26.8 Å². The first kappa shape index (κ1) is 14.1. The van der Waals surface area contributed by atoms with E-state index in [1.165, 1.54) is 0 Å². The fraction of sp³-hybridized carbons (Fsp3) is 0.462. The minimum absolute atomic E-state index is 0.0205. The molecule has 2 atom stereocenters. The van der Waals surface area contributed by atoms with Gasteiger partial charge in [0, 0.05) is 19.5 Å². The first-order chi connectivity index (χ1) is 9.56. The van der Waals surface area contributed by atoms with E-state index in [0.717, 1.165) is 5.76 Å². The Hall–Kier alpha value is -2.31. The van der Waals surface area contributed by atoms with E-state index >= 15 is 0 Å². The molecule has 0 aliphatic carbocycles. The monoisotopic (exact) mass is 277 g/mol. The molecule has 2 amide bonds. The molecule has 0 fully saturated rings. The summed E-state index contributed by atoms with van der Waals surface area (Å²) in [5, 5.41) is 13.4. The van der Waals surface area contributed by atoms with E-state index in [1.807, 2.05) is 33.0 Å². The van der Waals surface area contributed by atoms with Crippen LogP contribution in [0.5, 0.6) is 0 Å². The van der Waals surface area contributed by atoms with Crippen LogP contribution in [-0.2, 0) is 13.5 Å². The number of hydrogen-bond donors (Lipinski definition) is 2. The Morgan fingerprint density at radius 2 is 2.25 bits per heavy atom. The van der Waals surface area contributed by atoms with E-state index in [9.17, 15) is 4.79 Å². The van der Waals surface area contributed by atoms with Crippen molar-refractivity contribution < 1.29 is 9.21 Å². The SMILES string of the molecule is CC(Cc1ccco1)NC(=O)NC(C)c1nncn1C. The van der Waals surface area contributed by atoms with Crippen LogP contribution in [0.1, 0.15) is 31.5 Å². The number of carbonyl (C=O) groups is 1. The van der Waals surface area contributed by atoms with Crippen LogP contribution in [0.15, 0.2) is 29.1 Å². The largest absolute Gasteiger partial charge is 0.469 e. The smallest absolute Gasteiger partial charge is 0.315 e. The van der Waals surface area contributed by atoms with Gasteiger partial charge in [0.15, 0.2) is 5.82 Å². The zero-order chi connectivity index (χ0) is 14.5. The van der Waals surface area contributed by atoms with Crippen LogP contribution in [0.25, 0.3) is 0 Å². The van der Waals surface area contributed by atoms with Crippen LogP contribution in [0, 0.1) is 0 Å². The number of urea groups is 1. The molecule has 0 bridgehead atoms. The Kier molecular flexibility index (Phi) is 4.39. The van der Waals surface area contributed by atoms with Gasteiger partial charge in [-0.3, -0.25) is 0 Å². The highest BCUT2D eigenvalue weighted by molar-refractivity contribution is 5.74. The lowest BCUT2D eigenvalue weighted by molar-refractivity contribution is 0.233. The van der Waals surface area contributed by atoms with Gasteiger partial charge in [-0.15, -0.1) is 10.2 Å². The summed E-state index contributed by atoms with van der Waals surface area (Å²) in [6.45, 7) is 3.79. The third kappa shape index (κ3) is 3.59. The van der Waals surface area contributed by atoms with Crippen LogP contribution in [0.4, 0.5) is 4.79 Å². The molecule has 0 aromatic carbocycles. The van der Waals surface area contributed by atoms with Gasteiger partial charge in [-0.2, -0.15) is 0 Å². The van der Waals surface area contributed by atoms with Crippen molar-refractivity contribution in [2.24, 2.45) is 7.05 Å². The van der Waals surface area contributed by atoms with E-state index < -0.39 is 0 Å². The summed E-state index contributed by atoms with van der Waals surface area (Å²) in [5.74, 6) is 1.55. The minimum atomic E-state index is -0.237. The lowest BCUT2D eigenvalue weighted by Gasteiger charge is -2.17. The van der Waals surface area contributed by atoms with Gasteiger partial charge in [0.2, 0.25) is 0 Å². The van der Waals surface area contributed by atoms with Crippen molar-refractivity contribution in [3.63, 3.8) is 0 Å². The maximum atomic E-state index is 11.9. The average molecular weight is 277 g/mol. The fourth-order valence-corrected chi connectivity index (χ4v) is 1.99. The minimum Gasteiger partial charge on any atom is -0.469 e. The maximum absolute atomic E-state index is 11.9. The molecule has 2 aromatic rings. The molecule has 7 nitrogen and oxygen atoms in total. The standard InChI is InChI=1S/C13H19N5O2/c1-9(7-11-5-4-6-20-11)15-13(19)16-10(2)12-17-14-8-18(12)3/h4-6,8-10H,7H2,1-3H3,(H2,15,16,19). The van der Waals surface area contributed by atoms with Crippen molar-refractivity contribution in [1.29, 1.82) is 0 Å².